The maximum atomic E-state index is 11.1. The molecule has 0 atom stereocenters. The van der Waals surface area contributed by atoms with E-state index in [1.165, 1.54) is 11.2 Å². The summed E-state index contributed by atoms with van der Waals surface area (Å²) in [6.07, 6.45) is 2.06. The molecule has 13 heavy (non-hydrogen) atoms. The zero-order valence-corrected chi connectivity index (χ0v) is 8.43. The van der Waals surface area contributed by atoms with Crippen molar-refractivity contribution in [1.82, 2.24) is 10.2 Å². The Balaban J connectivity index is 2.40. The Kier molecular flexibility index (Phi) is 3.13. The molecule has 5 nitrogen and oxygen atoms in total. The lowest BCUT2D eigenvalue weighted by Gasteiger charge is -2.26. The first-order valence-corrected chi connectivity index (χ1v) is 6.25. The van der Waals surface area contributed by atoms with E-state index < -0.39 is 9.84 Å². The second kappa shape index (κ2) is 3.95. The third-order valence-electron chi connectivity index (χ3n) is 1.90. The maximum absolute atomic E-state index is 11.1. The summed E-state index contributed by atoms with van der Waals surface area (Å²) in [5, 5.41) is 2.66. The van der Waals surface area contributed by atoms with Crippen LogP contribution in [0.2, 0.25) is 0 Å². The molecular formula is C7H14N2O3S. The molecule has 1 rings (SSSR count). The third kappa shape index (κ3) is 3.63. The van der Waals surface area contributed by atoms with Crippen molar-refractivity contribution in [2.24, 2.45) is 0 Å². The lowest BCUT2D eigenvalue weighted by atomic mass is 10.3. The normalized spacial score (nSPS) is 18.5. The van der Waals surface area contributed by atoms with Gasteiger partial charge >= 0.3 is 6.03 Å². The number of nitrogens with zero attached hydrogens (tertiary/aromatic N) is 1. The zero-order valence-electron chi connectivity index (χ0n) is 7.62. The van der Waals surface area contributed by atoms with E-state index in [-0.39, 0.29) is 11.8 Å². The highest BCUT2D eigenvalue weighted by molar-refractivity contribution is 7.90. The Morgan fingerprint density at radius 1 is 1.54 bits per heavy atom. The Morgan fingerprint density at radius 3 is 2.77 bits per heavy atom. The first-order valence-electron chi connectivity index (χ1n) is 4.19. The monoisotopic (exact) mass is 206 g/mol. The summed E-state index contributed by atoms with van der Waals surface area (Å²) >= 11 is 0. The molecule has 0 bridgehead atoms. The third-order valence-corrected chi connectivity index (χ3v) is 2.82. The van der Waals surface area contributed by atoms with E-state index >= 15 is 0 Å². The largest absolute Gasteiger partial charge is 0.338 e. The molecule has 1 aliphatic rings. The number of carbonyl (C=O) groups is 1. The quantitative estimate of drug-likeness (QED) is 0.673. The van der Waals surface area contributed by atoms with Crippen molar-refractivity contribution in [3.8, 4) is 0 Å². The molecule has 76 valence electrons. The summed E-state index contributed by atoms with van der Waals surface area (Å²) in [6, 6.07) is -0.157. The topological polar surface area (TPSA) is 66.5 Å². The molecule has 2 amide bonds. The molecule has 0 saturated carbocycles. The highest BCUT2D eigenvalue weighted by Crippen LogP contribution is 1.99. The Labute approximate surface area is 78.0 Å². The number of rotatable bonds is 3. The summed E-state index contributed by atoms with van der Waals surface area (Å²) < 4.78 is 21.6. The number of hydrogen-bond donors (Lipinski definition) is 1. The predicted octanol–water partition coefficient (Wildman–Crippen LogP) is -0.554. The van der Waals surface area contributed by atoms with Crippen molar-refractivity contribution in [2.75, 3.05) is 31.6 Å². The van der Waals surface area contributed by atoms with Gasteiger partial charge in [-0.1, -0.05) is 0 Å². The molecule has 1 fully saturated rings. The highest BCUT2D eigenvalue weighted by atomic mass is 32.2. The number of urea groups is 1. The van der Waals surface area contributed by atoms with Crippen LogP contribution in [-0.4, -0.2) is 51.0 Å². The van der Waals surface area contributed by atoms with Gasteiger partial charge in [0.25, 0.3) is 0 Å². The van der Waals surface area contributed by atoms with Crippen molar-refractivity contribution in [1.29, 1.82) is 0 Å². The standard InChI is InChI=1S/C7H14N2O3S/c1-13(11,12)6-5-9-4-2-3-8-7(9)10/h2-6H2,1H3,(H,8,10). The van der Waals surface area contributed by atoms with Gasteiger partial charge in [0.15, 0.2) is 0 Å². The molecule has 6 heteroatoms. The van der Waals surface area contributed by atoms with Crippen LogP contribution in [-0.2, 0) is 9.84 Å². The van der Waals surface area contributed by atoms with E-state index in [9.17, 15) is 13.2 Å². The molecular weight excluding hydrogens is 192 g/mol. The van der Waals surface area contributed by atoms with Gasteiger partial charge < -0.3 is 10.2 Å². The average molecular weight is 206 g/mol. The fourth-order valence-corrected chi connectivity index (χ4v) is 1.72. The minimum absolute atomic E-state index is 0.0421. The van der Waals surface area contributed by atoms with Gasteiger partial charge in [-0.15, -0.1) is 0 Å². The molecule has 1 heterocycles. The van der Waals surface area contributed by atoms with E-state index in [1.807, 2.05) is 0 Å². The molecule has 0 aromatic carbocycles. The minimum atomic E-state index is -2.97. The number of amides is 2. The van der Waals surface area contributed by atoms with Gasteiger partial charge in [0.05, 0.1) is 5.75 Å². The summed E-state index contributed by atoms with van der Waals surface area (Å²) in [6.45, 7) is 1.64. The molecule has 0 aliphatic carbocycles. The summed E-state index contributed by atoms with van der Waals surface area (Å²) in [5.41, 5.74) is 0. The van der Waals surface area contributed by atoms with Gasteiger partial charge in [-0.3, -0.25) is 0 Å². The second-order valence-electron chi connectivity index (χ2n) is 3.20. The summed E-state index contributed by atoms with van der Waals surface area (Å²) in [7, 11) is -2.97. The van der Waals surface area contributed by atoms with E-state index in [1.54, 1.807) is 0 Å². The van der Waals surface area contributed by atoms with Gasteiger partial charge in [-0.25, -0.2) is 13.2 Å². The summed E-state index contributed by atoms with van der Waals surface area (Å²) in [5.74, 6) is 0.0421. The smallest absolute Gasteiger partial charge is 0.317 e. The number of sulfone groups is 1. The zero-order chi connectivity index (χ0) is 9.90. The maximum Gasteiger partial charge on any atom is 0.317 e. The number of carbonyl (C=O) groups excluding carboxylic acids is 1. The van der Waals surface area contributed by atoms with Crippen molar-refractivity contribution in [2.45, 2.75) is 6.42 Å². The minimum Gasteiger partial charge on any atom is -0.338 e. The van der Waals surface area contributed by atoms with Crippen molar-refractivity contribution in [3.05, 3.63) is 0 Å². The van der Waals surface area contributed by atoms with Gasteiger partial charge in [0.2, 0.25) is 0 Å². The fourth-order valence-electron chi connectivity index (χ4n) is 1.17. The molecule has 1 N–H and O–H groups in total. The number of nitrogens with one attached hydrogen (secondary N) is 1. The van der Waals surface area contributed by atoms with Crippen LogP contribution in [0.5, 0.6) is 0 Å². The molecule has 1 saturated heterocycles. The second-order valence-corrected chi connectivity index (χ2v) is 5.46. The highest BCUT2D eigenvalue weighted by Gasteiger charge is 2.18. The van der Waals surface area contributed by atoms with Gasteiger partial charge in [-0.05, 0) is 6.42 Å². The van der Waals surface area contributed by atoms with Crippen LogP contribution in [0.15, 0.2) is 0 Å². The van der Waals surface area contributed by atoms with E-state index in [0.29, 0.717) is 19.6 Å². The van der Waals surface area contributed by atoms with Crippen molar-refractivity contribution in [3.63, 3.8) is 0 Å². The van der Waals surface area contributed by atoms with Gasteiger partial charge in [0.1, 0.15) is 9.84 Å². The Hall–Kier alpha value is -0.780. The molecule has 0 aromatic heterocycles. The van der Waals surface area contributed by atoms with Crippen LogP contribution in [0, 0.1) is 0 Å². The van der Waals surface area contributed by atoms with Crippen LogP contribution < -0.4 is 5.32 Å². The first kappa shape index (κ1) is 10.3. The molecule has 0 spiro atoms. The van der Waals surface area contributed by atoms with Crippen LogP contribution in [0.4, 0.5) is 4.79 Å². The van der Waals surface area contributed by atoms with Crippen LogP contribution in [0.3, 0.4) is 0 Å². The fraction of sp³-hybridized carbons (Fsp3) is 0.857. The Morgan fingerprint density at radius 2 is 2.23 bits per heavy atom. The lowest BCUT2D eigenvalue weighted by Crippen LogP contribution is -2.47. The molecule has 1 aliphatic heterocycles. The van der Waals surface area contributed by atoms with E-state index in [2.05, 4.69) is 5.32 Å². The van der Waals surface area contributed by atoms with Crippen molar-refractivity contribution < 1.29 is 13.2 Å². The first-order chi connectivity index (χ1) is 5.99. The van der Waals surface area contributed by atoms with Crippen molar-refractivity contribution >= 4 is 15.9 Å². The molecule has 0 aromatic rings. The van der Waals surface area contributed by atoms with Crippen LogP contribution in [0.25, 0.3) is 0 Å². The predicted molar refractivity (Wildman–Crippen MR) is 49.3 cm³/mol. The lowest BCUT2D eigenvalue weighted by molar-refractivity contribution is 0.190. The van der Waals surface area contributed by atoms with E-state index in [0.717, 1.165) is 6.42 Å². The van der Waals surface area contributed by atoms with Crippen LogP contribution >= 0.6 is 0 Å². The molecule has 0 radical (unpaired) electrons. The summed E-state index contributed by atoms with van der Waals surface area (Å²) in [4.78, 5) is 12.7. The molecule has 0 unspecified atom stereocenters. The van der Waals surface area contributed by atoms with E-state index in [4.69, 9.17) is 0 Å². The average Bonchev–Trinajstić information content (AvgIpc) is 2.01. The Bertz CT molecular complexity index is 286. The van der Waals surface area contributed by atoms with Gasteiger partial charge in [-0.2, -0.15) is 0 Å². The number of hydrogen-bond acceptors (Lipinski definition) is 3. The SMILES string of the molecule is CS(=O)(=O)CCN1CCCNC1=O. The van der Waals surface area contributed by atoms with Crippen LogP contribution in [0.1, 0.15) is 6.42 Å². The van der Waals surface area contributed by atoms with Gasteiger partial charge in [0, 0.05) is 25.9 Å².